The number of nitrogens with one attached hydrogen (secondary N) is 1. The van der Waals surface area contributed by atoms with E-state index in [0.717, 1.165) is 16.5 Å². The topological polar surface area (TPSA) is 28.7 Å². The standard InChI is InChI=1S/C9H9BrN2/c1-6-2-3-8-7(4-6)9(5-10)12-11-8/h2-4H,5H2,1H3,(H,11,12). The minimum atomic E-state index is 0.826. The van der Waals surface area contributed by atoms with Crippen LogP contribution < -0.4 is 0 Å². The average molecular weight is 225 g/mol. The number of aryl methyl sites for hydroxylation is 1. The molecule has 0 fully saturated rings. The number of rotatable bonds is 1. The summed E-state index contributed by atoms with van der Waals surface area (Å²) < 4.78 is 0. The molecule has 1 aromatic carbocycles. The molecule has 0 radical (unpaired) electrons. The summed E-state index contributed by atoms with van der Waals surface area (Å²) in [5.41, 5.74) is 3.45. The molecule has 0 amide bonds. The van der Waals surface area contributed by atoms with Gasteiger partial charge in [-0.2, -0.15) is 5.10 Å². The van der Waals surface area contributed by atoms with Gasteiger partial charge in [0, 0.05) is 10.7 Å². The first kappa shape index (κ1) is 7.80. The van der Waals surface area contributed by atoms with Gasteiger partial charge in [0.25, 0.3) is 0 Å². The third-order valence-corrected chi connectivity index (χ3v) is 2.48. The lowest BCUT2D eigenvalue weighted by Gasteiger charge is -1.92. The van der Waals surface area contributed by atoms with Crippen molar-refractivity contribution in [2.45, 2.75) is 12.3 Å². The molecule has 1 aromatic heterocycles. The first-order valence-corrected chi connectivity index (χ1v) is 4.93. The van der Waals surface area contributed by atoms with Crippen LogP contribution in [0.2, 0.25) is 0 Å². The van der Waals surface area contributed by atoms with Crippen molar-refractivity contribution >= 4 is 26.8 Å². The Kier molecular flexibility index (Phi) is 1.89. The van der Waals surface area contributed by atoms with Crippen molar-refractivity contribution in [2.24, 2.45) is 0 Å². The summed E-state index contributed by atoms with van der Waals surface area (Å²) in [6.45, 7) is 2.09. The first-order valence-electron chi connectivity index (χ1n) is 3.81. The number of fused-ring (bicyclic) bond motifs is 1. The number of halogens is 1. The molecule has 0 aliphatic heterocycles. The maximum atomic E-state index is 4.18. The smallest absolute Gasteiger partial charge is 0.0924 e. The Morgan fingerprint density at radius 1 is 1.50 bits per heavy atom. The minimum absolute atomic E-state index is 0.826. The molecule has 0 saturated heterocycles. The number of alkyl halides is 1. The SMILES string of the molecule is Cc1ccc2n[nH]c(CBr)c2c1. The third kappa shape index (κ3) is 1.14. The first-order chi connectivity index (χ1) is 5.81. The second-order valence-electron chi connectivity index (χ2n) is 2.86. The van der Waals surface area contributed by atoms with Crippen molar-refractivity contribution in [3.63, 3.8) is 0 Å². The molecule has 2 rings (SSSR count). The van der Waals surface area contributed by atoms with Crippen molar-refractivity contribution < 1.29 is 0 Å². The molecule has 0 aliphatic carbocycles. The zero-order valence-corrected chi connectivity index (χ0v) is 8.35. The maximum absolute atomic E-state index is 4.18. The minimum Gasteiger partial charge on any atom is -0.280 e. The van der Waals surface area contributed by atoms with E-state index in [1.165, 1.54) is 10.9 Å². The lowest BCUT2D eigenvalue weighted by molar-refractivity contribution is 1.06. The van der Waals surface area contributed by atoms with E-state index in [1.807, 2.05) is 6.07 Å². The second-order valence-corrected chi connectivity index (χ2v) is 3.42. The van der Waals surface area contributed by atoms with Crippen LogP contribution in [-0.4, -0.2) is 10.2 Å². The normalized spacial score (nSPS) is 10.8. The largest absolute Gasteiger partial charge is 0.280 e. The summed E-state index contributed by atoms with van der Waals surface area (Å²) in [6.07, 6.45) is 0. The van der Waals surface area contributed by atoms with Crippen LogP contribution in [0.4, 0.5) is 0 Å². The summed E-state index contributed by atoms with van der Waals surface area (Å²) in [6, 6.07) is 6.25. The van der Waals surface area contributed by atoms with Crippen molar-refractivity contribution in [1.29, 1.82) is 0 Å². The van der Waals surface area contributed by atoms with Crippen molar-refractivity contribution in [3.8, 4) is 0 Å². The number of aromatic nitrogens is 2. The van der Waals surface area contributed by atoms with Gasteiger partial charge in [0.15, 0.2) is 0 Å². The van der Waals surface area contributed by atoms with Crippen LogP contribution in [-0.2, 0) is 5.33 Å². The average Bonchev–Trinajstić information content (AvgIpc) is 2.46. The Morgan fingerprint density at radius 3 is 3.08 bits per heavy atom. The molecule has 2 nitrogen and oxygen atoms in total. The van der Waals surface area contributed by atoms with Crippen molar-refractivity contribution in [2.75, 3.05) is 0 Å². The highest BCUT2D eigenvalue weighted by Crippen LogP contribution is 2.18. The van der Waals surface area contributed by atoms with Crippen molar-refractivity contribution in [1.82, 2.24) is 10.2 Å². The van der Waals surface area contributed by atoms with E-state index in [4.69, 9.17) is 0 Å². The Labute approximate surface area is 79.1 Å². The van der Waals surface area contributed by atoms with Gasteiger partial charge >= 0.3 is 0 Å². The predicted octanol–water partition coefficient (Wildman–Crippen LogP) is 2.77. The summed E-state index contributed by atoms with van der Waals surface area (Å²) in [7, 11) is 0. The molecule has 12 heavy (non-hydrogen) atoms. The number of aromatic amines is 1. The summed E-state index contributed by atoms with van der Waals surface area (Å²) >= 11 is 3.41. The Bertz CT molecular complexity index is 406. The molecule has 0 atom stereocenters. The Morgan fingerprint density at radius 2 is 2.33 bits per heavy atom. The van der Waals surface area contributed by atoms with Gasteiger partial charge in [0.05, 0.1) is 11.2 Å². The van der Waals surface area contributed by atoms with Crippen LogP contribution in [0.25, 0.3) is 10.9 Å². The Balaban J connectivity index is 2.75. The molecule has 1 N–H and O–H groups in total. The van der Waals surface area contributed by atoms with E-state index in [9.17, 15) is 0 Å². The van der Waals surface area contributed by atoms with Gasteiger partial charge < -0.3 is 0 Å². The van der Waals surface area contributed by atoms with Gasteiger partial charge in [-0.15, -0.1) is 0 Å². The van der Waals surface area contributed by atoms with Gasteiger partial charge in [-0.1, -0.05) is 27.6 Å². The number of hydrogen-bond donors (Lipinski definition) is 1. The highest BCUT2D eigenvalue weighted by molar-refractivity contribution is 9.08. The molecule has 3 heteroatoms. The molecular formula is C9H9BrN2. The molecule has 0 spiro atoms. The second kappa shape index (κ2) is 2.90. The highest BCUT2D eigenvalue weighted by atomic mass is 79.9. The van der Waals surface area contributed by atoms with Gasteiger partial charge in [0.2, 0.25) is 0 Å². The maximum Gasteiger partial charge on any atom is 0.0924 e. The molecule has 1 heterocycles. The van der Waals surface area contributed by atoms with Gasteiger partial charge in [0.1, 0.15) is 0 Å². The summed E-state index contributed by atoms with van der Waals surface area (Å²) in [5.74, 6) is 0. The Hall–Kier alpha value is -0.830. The lowest BCUT2D eigenvalue weighted by atomic mass is 10.1. The zero-order valence-electron chi connectivity index (χ0n) is 6.76. The highest BCUT2D eigenvalue weighted by Gasteiger charge is 2.02. The van der Waals surface area contributed by atoms with Gasteiger partial charge in [-0.3, -0.25) is 5.10 Å². The molecule has 62 valence electrons. The van der Waals surface area contributed by atoms with Crippen LogP contribution in [0, 0.1) is 6.92 Å². The van der Waals surface area contributed by atoms with E-state index in [1.54, 1.807) is 0 Å². The van der Waals surface area contributed by atoms with E-state index in [-0.39, 0.29) is 0 Å². The predicted molar refractivity (Wildman–Crippen MR) is 53.5 cm³/mol. The number of H-pyrrole nitrogens is 1. The quantitative estimate of drug-likeness (QED) is 0.742. The van der Waals surface area contributed by atoms with Crippen molar-refractivity contribution in [3.05, 3.63) is 29.5 Å². The summed E-state index contributed by atoms with van der Waals surface area (Å²) in [4.78, 5) is 0. The molecular weight excluding hydrogens is 216 g/mol. The van der Waals surface area contributed by atoms with Crippen LogP contribution in [0.1, 0.15) is 11.3 Å². The van der Waals surface area contributed by atoms with E-state index in [2.05, 4.69) is 45.2 Å². The monoisotopic (exact) mass is 224 g/mol. The lowest BCUT2D eigenvalue weighted by Crippen LogP contribution is -1.77. The van der Waals surface area contributed by atoms with E-state index >= 15 is 0 Å². The fraction of sp³-hybridized carbons (Fsp3) is 0.222. The fourth-order valence-corrected chi connectivity index (χ4v) is 1.71. The molecule has 0 aliphatic rings. The third-order valence-electron chi connectivity index (χ3n) is 1.92. The van der Waals surface area contributed by atoms with E-state index < -0.39 is 0 Å². The van der Waals surface area contributed by atoms with Crippen LogP contribution in [0.3, 0.4) is 0 Å². The number of nitrogens with zero attached hydrogens (tertiary/aromatic N) is 1. The molecule has 0 unspecified atom stereocenters. The molecule has 0 saturated carbocycles. The summed E-state index contributed by atoms with van der Waals surface area (Å²) in [5, 5.41) is 9.21. The fourth-order valence-electron chi connectivity index (χ4n) is 1.28. The van der Waals surface area contributed by atoms with E-state index in [0.29, 0.717) is 0 Å². The number of hydrogen-bond acceptors (Lipinski definition) is 1. The van der Waals surface area contributed by atoms with Crippen LogP contribution in [0.15, 0.2) is 18.2 Å². The van der Waals surface area contributed by atoms with Gasteiger partial charge in [-0.05, 0) is 19.1 Å². The van der Waals surface area contributed by atoms with Gasteiger partial charge in [-0.25, -0.2) is 0 Å². The van der Waals surface area contributed by atoms with Crippen LogP contribution >= 0.6 is 15.9 Å². The van der Waals surface area contributed by atoms with Crippen LogP contribution in [0.5, 0.6) is 0 Å². The number of benzene rings is 1. The molecule has 2 aromatic rings. The molecule has 0 bridgehead atoms. The zero-order chi connectivity index (χ0) is 8.55.